The van der Waals surface area contributed by atoms with Crippen LogP contribution in [0.3, 0.4) is 0 Å². The molecule has 1 aliphatic heterocycles. The molecule has 1 atom stereocenters. The number of anilines is 1. The van der Waals surface area contributed by atoms with Gasteiger partial charge in [-0.05, 0) is 34.5 Å². The van der Waals surface area contributed by atoms with Crippen LogP contribution in [-0.2, 0) is 4.74 Å². The van der Waals surface area contributed by atoms with E-state index >= 15 is 0 Å². The van der Waals surface area contributed by atoms with Gasteiger partial charge in [0.15, 0.2) is 0 Å². The maximum atomic E-state index is 13.1. The monoisotopic (exact) mass is 336 g/mol. The Morgan fingerprint density at radius 3 is 3.00 bits per heavy atom. The van der Waals surface area contributed by atoms with Gasteiger partial charge in [0.2, 0.25) is 0 Å². The van der Waals surface area contributed by atoms with E-state index < -0.39 is 5.82 Å². The molecule has 1 aromatic rings. The van der Waals surface area contributed by atoms with Gasteiger partial charge in [-0.15, -0.1) is 0 Å². The highest BCUT2D eigenvalue weighted by molar-refractivity contribution is 9.10. The fraction of sp³-hybridized carbons (Fsp3) is 0.364. The topological polar surface area (TPSA) is 50.4 Å². The molecule has 4 nitrogen and oxygen atoms in total. The molecule has 1 heterocycles. The van der Waals surface area contributed by atoms with E-state index in [1.165, 1.54) is 6.07 Å². The summed E-state index contributed by atoms with van der Waals surface area (Å²) in [5, 5.41) is 5.46. The second-order valence-corrected chi connectivity index (χ2v) is 5.17. The average Bonchev–Trinajstić information content (AvgIpc) is 2.78. The highest BCUT2D eigenvalue weighted by Crippen LogP contribution is 2.28. The van der Waals surface area contributed by atoms with E-state index in [4.69, 9.17) is 16.3 Å². The summed E-state index contributed by atoms with van der Waals surface area (Å²) in [6.07, 6.45) is 0.786. The molecule has 1 aromatic carbocycles. The molecular weight excluding hydrogens is 326 g/mol. The zero-order chi connectivity index (χ0) is 13.1. The molecule has 1 fully saturated rings. The van der Waals surface area contributed by atoms with Crippen molar-refractivity contribution in [2.75, 3.05) is 18.5 Å². The van der Waals surface area contributed by atoms with Gasteiger partial charge >= 0.3 is 6.03 Å². The van der Waals surface area contributed by atoms with Crippen molar-refractivity contribution in [3.63, 3.8) is 0 Å². The average molecular weight is 338 g/mol. The van der Waals surface area contributed by atoms with Crippen LogP contribution in [0.2, 0.25) is 5.02 Å². The van der Waals surface area contributed by atoms with Gasteiger partial charge in [-0.3, -0.25) is 0 Å². The van der Waals surface area contributed by atoms with Crippen molar-refractivity contribution in [3.05, 3.63) is 27.4 Å². The van der Waals surface area contributed by atoms with Crippen molar-refractivity contribution in [3.8, 4) is 0 Å². The Bertz CT molecular complexity index is 467. The van der Waals surface area contributed by atoms with Gasteiger partial charge in [0, 0.05) is 6.61 Å². The number of carbonyl (C=O) groups is 1. The molecule has 1 aliphatic rings. The first-order valence-corrected chi connectivity index (χ1v) is 6.53. The number of urea groups is 1. The Morgan fingerprint density at radius 2 is 2.33 bits per heavy atom. The first kappa shape index (κ1) is 13.6. The SMILES string of the molecule is O=C(Nc1cc(Br)c(F)cc1Cl)N[C@@H]1CCOC1. The van der Waals surface area contributed by atoms with Gasteiger partial charge in [0.05, 0.1) is 27.8 Å². The van der Waals surface area contributed by atoms with Gasteiger partial charge in [0.1, 0.15) is 5.82 Å². The summed E-state index contributed by atoms with van der Waals surface area (Å²) in [6.45, 7) is 1.15. The van der Waals surface area contributed by atoms with E-state index in [9.17, 15) is 9.18 Å². The van der Waals surface area contributed by atoms with Gasteiger partial charge in [-0.2, -0.15) is 0 Å². The number of carbonyl (C=O) groups excluding carboxylic acids is 1. The third kappa shape index (κ3) is 3.34. The normalized spacial score (nSPS) is 18.7. The highest BCUT2D eigenvalue weighted by atomic mass is 79.9. The Hall–Kier alpha value is -0.850. The highest BCUT2D eigenvalue weighted by Gasteiger charge is 2.18. The second kappa shape index (κ2) is 5.86. The zero-order valence-electron chi connectivity index (χ0n) is 9.30. The summed E-state index contributed by atoms with van der Waals surface area (Å²) >= 11 is 8.87. The second-order valence-electron chi connectivity index (χ2n) is 3.91. The molecule has 0 unspecified atom stereocenters. The number of hydrogen-bond acceptors (Lipinski definition) is 2. The molecular formula is C11H11BrClFN2O2. The van der Waals surface area contributed by atoms with Crippen molar-refractivity contribution < 1.29 is 13.9 Å². The number of nitrogens with one attached hydrogen (secondary N) is 2. The molecule has 0 saturated carbocycles. The molecule has 0 aliphatic carbocycles. The van der Waals surface area contributed by atoms with E-state index in [0.717, 1.165) is 12.5 Å². The number of rotatable bonds is 2. The summed E-state index contributed by atoms with van der Waals surface area (Å²) in [4.78, 5) is 11.7. The zero-order valence-corrected chi connectivity index (χ0v) is 11.6. The number of benzene rings is 1. The van der Waals surface area contributed by atoms with Crippen LogP contribution in [0.5, 0.6) is 0 Å². The van der Waals surface area contributed by atoms with Crippen LogP contribution in [0.25, 0.3) is 0 Å². The Morgan fingerprint density at radius 1 is 1.56 bits per heavy atom. The Balaban J connectivity index is 2.00. The smallest absolute Gasteiger partial charge is 0.319 e. The standard InChI is InChI=1S/C11H11BrClFN2O2/c12-7-3-10(8(13)4-9(7)14)16-11(17)15-6-1-2-18-5-6/h3-4,6H,1-2,5H2,(H2,15,16,17)/t6-/m1/s1. The maximum absolute atomic E-state index is 13.1. The number of hydrogen-bond donors (Lipinski definition) is 2. The predicted molar refractivity (Wildman–Crippen MR) is 70.5 cm³/mol. The van der Waals surface area contributed by atoms with Gasteiger partial charge in [-0.1, -0.05) is 11.6 Å². The van der Waals surface area contributed by atoms with E-state index in [2.05, 4.69) is 26.6 Å². The Labute approximate surface area is 117 Å². The molecule has 0 aromatic heterocycles. The van der Waals surface area contributed by atoms with Crippen molar-refractivity contribution >= 4 is 39.2 Å². The van der Waals surface area contributed by atoms with Crippen LogP contribution in [0.15, 0.2) is 16.6 Å². The molecule has 0 radical (unpaired) electrons. The molecule has 1 saturated heterocycles. The maximum Gasteiger partial charge on any atom is 0.319 e. The number of halogens is 3. The van der Waals surface area contributed by atoms with E-state index in [-0.39, 0.29) is 21.6 Å². The van der Waals surface area contributed by atoms with Gasteiger partial charge < -0.3 is 15.4 Å². The minimum Gasteiger partial charge on any atom is -0.379 e. The molecule has 0 spiro atoms. The Kier molecular flexibility index (Phi) is 4.42. The summed E-state index contributed by atoms with van der Waals surface area (Å²) in [6, 6.07) is 2.18. The summed E-state index contributed by atoms with van der Waals surface area (Å²) in [5.74, 6) is -0.477. The van der Waals surface area contributed by atoms with E-state index in [1.54, 1.807) is 0 Å². The quantitative estimate of drug-likeness (QED) is 0.815. The van der Waals surface area contributed by atoms with Crippen molar-refractivity contribution in [1.82, 2.24) is 5.32 Å². The van der Waals surface area contributed by atoms with Crippen LogP contribution in [-0.4, -0.2) is 25.3 Å². The van der Waals surface area contributed by atoms with Crippen LogP contribution < -0.4 is 10.6 Å². The number of ether oxygens (including phenoxy) is 1. The lowest BCUT2D eigenvalue weighted by molar-refractivity contribution is 0.189. The lowest BCUT2D eigenvalue weighted by Gasteiger charge is -2.13. The van der Waals surface area contributed by atoms with Crippen LogP contribution in [0.1, 0.15) is 6.42 Å². The van der Waals surface area contributed by atoms with Crippen LogP contribution in [0.4, 0.5) is 14.9 Å². The third-order valence-electron chi connectivity index (χ3n) is 2.52. The van der Waals surface area contributed by atoms with Crippen molar-refractivity contribution in [2.45, 2.75) is 12.5 Å². The summed E-state index contributed by atoms with van der Waals surface area (Å²) in [7, 11) is 0. The predicted octanol–water partition coefficient (Wildman–Crippen LogP) is 3.15. The summed E-state index contributed by atoms with van der Waals surface area (Å²) < 4.78 is 18.5. The van der Waals surface area contributed by atoms with Crippen LogP contribution in [0, 0.1) is 5.82 Å². The van der Waals surface area contributed by atoms with Crippen molar-refractivity contribution in [2.24, 2.45) is 0 Å². The molecule has 0 bridgehead atoms. The molecule has 18 heavy (non-hydrogen) atoms. The molecule has 2 N–H and O–H groups in total. The van der Waals surface area contributed by atoms with E-state index in [0.29, 0.717) is 18.9 Å². The van der Waals surface area contributed by atoms with Gasteiger partial charge in [-0.25, -0.2) is 9.18 Å². The fourth-order valence-electron chi connectivity index (χ4n) is 1.61. The summed E-state index contributed by atoms with van der Waals surface area (Å²) in [5.41, 5.74) is 0.348. The number of amides is 2. The minimum absolute atomic E-state index is 0.00710. The first-order valence-electron chi connectivity index (χ1n) is 5.36. The molecule has 2 amide bonds. The van der Waals surface area contributed by atoms with Gasteiger partial charge in [0.25, 0.3) is 0 Å². The van der Waals surface area contributed by atoms with Crippen molar-refractivity contribution in [1.29, 1.82) is 0 Å². The third-order valence-corrected chi connectivity index (χ3v) is 3.44. The molecule has 7 heteroatoms. The van der Waals surface area contributed by atoms with Crippen LogP contribution >= 0.6 is 27.5 Å². The largest absolute Gasteiger partial charge is 0.379 e. The lowest BCUT2D eigenvalue weighted by atomic mass is 10.3. The van der Waals surface area contributed by atoms with E-state index in [1.807, 2.05) is 0 Å². The molecule has 2 rings (SSSR count). The minimum atomic E-state index is -0.477. The first-order chi connectivity index (χ1) is 8.56. The molecule has 98 valence electrons. The lowest BCUT2D eigenvalue weighted by Crippen LogP contribution is -2.38. The fourth-order valence-corrected chi connectivity index (χ4v) is 2.15.